The average molecular weight is 298 g/mol. The molecule has 0 aromatic heterocycles. The Hall–Kier alpha value is -0.660. The van der Waals surface area contributed by atoms with Gasteiger partial charge in [0.2, 0.25) is 0 Å². The molecule has 1 aromatic carbocycles. The van der Waals surface area contributed by atoms with Crippen molar-refractivity contribution in [2.24, 2.45) is 0 Å². The fourth-order valence-corrected chi connectivity index (χ4v) is 1.39. The number of halogens is 5. The molecule has 5 heteroatoms. The first kappa shape index (κ1) is 12.4. The zero-order valence-corrected chi connectivity index (χ0v) is 9.67. The predicted molar refractivity (Wildman–Crippen MR) is 57.1 cm³/mol. The lowest BCUT2D eigenvalue weighted by atomic mass is 10.1. The van der Waals surface area contributed by atoms with Gasteiger partial charge in [-0.1, -0.05) is 39.4 Å². The molecule has 0 unspecified atom stereocenters. The molecule has 0 nitrogen and oxygen atoms in total. The fourth-order valence-electron chi connectivity index (χ4n) is 0.958. The van der Waals surface area contributed by atoms with Crippen molar-refractivity contribution >= 4 is 27.5 Å². The van der Waals surface area contributed by atoms with Gasteiger partial charge in [-0.2, -0.15) is 13.2 Å². The Kier molecular flexibility index (Phi) is 4.06. The van der Waals surface area contributed by atoms with Crippen LogP contribution in [0.1, 0.15) is 11.1 Å². The van der Waals surface area contributed by atoms with E-state index in [-0.39, 0.29) is 5.02 Å². The third-order valence-corrected chi connectivity index (χ3v) is 2.17. The van der Waals surface area contributed by atoms with E-state index in [9.17, 15) is 13.2 Å². The Bertz CT molecular complexity index is 415. The van der Waals surface area contributed by atoms with Gasteiger partial charge in [-0.15, -0.1) is 0 Å². The Balaban J connectivity index is 3.09. The lowest BCUT2D eigenvalue weighted by Crippen LogP contribution is -2.05. The van der Waals surface area contributed by atoms with Crippen LogP contribution in [-0.4, -0.2) is 5.33 Å². The first-order valence-corrected chi connectivity index (χ1v) is 5.36. The summed E-state index contributed by atoms with van der Waals surface area (Å²) in [4.78, 5) is 0. The van der Waals surface area contributed by atoms with Gasteiger partial charge < -0.3 is 0 Å². The Labute approximate surface area is 98.6 Å². The zero-order chi connectivity index (χ0) is 11.5. The van der Waals surface area contributed by atoms with E-state index in [0.717, 1.165) is 6.07 Å². The molecular formula is C10H5BrClF3. The number of benzene rings is 1. The van der Waals surface area contributed by atoms with Crippen molar-refractivity contribution in [3.05, 3.63) is 34.3 Å². The van der Waals surface area contributed by atoms with Crippen LogP contribution in [0.25, 0.3) is 0 Å². The number of alkyl halides is 4. The molecule has 0 saturated heterocycles. The summed E-state index contributed by atoms with van der Waals surface area (Å²) in [6, 6.07) is 3.44. The maximum atomic E-state index is 12.3. The summed E-state index contributed by atoms with van der Waals surface area (Å²) in [6.07, 6.45) is -4.42. The fraction of sp³-hybridized carbons (Fsp3) is 0.200. The van der Waals surface area contributed by atoms with Crippen molar-refractivity contribution in [2.75, 3.05) is 5.33 Å². The topological polar surface area (TPSA) is 0 Å². The van der Waals surface area contributed by atoms with Crippen LogP contribution in [0.15, 0.2) is 18.2 Å². The lowest BCUT2D eigenvalue weighted by Gasteiger charge is -2.08. The van der Waals surface area contributed by atoms with Gasteiger partial charge in [0, 0.05) is 5.56 Å². The summed E-state index contributed by atoms with van der Waals surface area (Å²) in [5.74, 6) is 5.34. The van der Waals surface area contributed by atoms with Crippen LogP contribution in [0.2, 0.25) is 5.02 Å². The molecule has 0 radical (unpaired) electrons. The molecule has 0 aliphatic rings. The quantitative estimate of drug-likeness (QED) is 0.499. The highest BCUT2D eigenvalue weighted by molar-refractivity contribution is 9.09. The lowest BCUT2D eigenvalue weighted by molar-refractivity contribution is -0.137. The van der Waals surface area contributed by atoms with Crippen molar-refractivity contribution in [1.82, 2.24) is 0 Å². The second-order valence-electron chi connectivity index (χ2n) is 2.63. The van der Waals surface area contributed by atoms with Gasteiger partial charge in [0.05, 0.1) is 15.9 Å². The third kappa shape index (κ3) is 3.44. The highest BCUT2D eigenvalue weighted by atomic mass is 79.9. The monoisotopic (exact) mass is 296 g/mol. The van der Waals surface area contributed by atoms with Gasteiger partial charge in [0.15, 0.2) is 0 Å². The molecule has 15 heavy (non-hydrogen) atoms. The molecule has 0 atom stereocenters. The van der Waals surface area contributed by atoms with Crippen LogP contribution >= 0.6 is 27.5 Å². The van der Waals surface area contributed by atoms with E-state index in [1.54, 1.807) is 0 Å². The van der Waals surface area contributed by atoms with Crippen LogP contribution < -0.4 is 0 Å². The van der Waals surface area contributed by atoms with Gasteiger partial charge in [-0.25, -0.2) is 0 Å². The van der Waals surface area contributed by atoms with E-state index >= 15 is 0 Å². The zero-order valence-electron chi connectivity index (χ0n) is 7.33. The molecule has 0 amide bonds. The molecule has 1 aromatic rings. The highest BCUT2D eigenvalue weighted by Crippen LogP contribution is 2.34. The van der Waals surface area contributed by atoms with Gasteiger partial charge >= 0.3 is 6.18 Å². The predicted octanol–water partition coefficient (Wildman–Crippen LogP) is 4.11. The van der Waals surface area contributed by atoms with Crippen molar-refractivity contribution < 1.29 is 13.2 Å². The number of rotatable bonds is 0. The maximum Gasteiger partial charge on any atom is 0.417 e. The summed E-state index contributed by atoms with van der Waals surface area (Å²) < 4.78 is 36.9. The van der Waals surface area contributed by atoms with Crippen LogP contribution in [-0.2, 0) is 6.18 Å². The first-order chi connectivity index (χ1) is 6.95. The van der Waals surface area contributed by atoms with Gasteiger partial charge in [-0.3, -0.25) is 0 Å². The smallest absolute Gasteiger partial charge is 0.166 e. The highest BCUT2D eigenvalue weighted by Gasteiger charge is 2.32. The van der Waals surface area contributed by atoms with Crippen molar-refractivity contribution in [3.63, 3.8) is 0 Å². The largest absolute Gasteiger partial charge is 0.417 e. The summed E-state index contributed by atoms with van der Waals surface area (Å²) in [5, 5.41) is 0.134. The minimum absolute atomic E-state index is 0.330. The van der Waals surface area contributed by atoms with E-state index in [1.807, 2.05) is 0 Å². The molecule has 0 spiro atoms. The average Bonchev–Trinajstić information content (AvgIpc) is 2.12. The Morgan fingerprint density at radius 2 is 2.00 bits per heavy atom. The van der Waals surface area contributed by atoms with Gasteiger partial charge in [-0.05, 0) is 18.2 Å². The minimum Gasteiger partial charge on any atom is -0.166 e. The molecule has 0 fully saturated rings. The van der Waals surface area contributed by atoms with Crippen LogP contribution in [0.4, 0.5) is 13.2 Å². The van der Waals surface area contributed by atoms with Gasteiger partial charge in [0.1, 0.15) is 0 Å². The molecule has 0 aliphatic heterocycles. The number of hydrogen-bond acceptors (Lipinski definition) is 0. The van der Waals surface area contributed by atoms with E-state index < -0.39 is 11.7 Å². The Morgan fingerprint density at radius 1 is 1.33 bits per heavy atom. The van der Waals surface area contributed by atoms with Crippen molar-refractivity contribution in [1.29, 1.82) is 0 Å². The second kappa shape index (κ2) is 4.91. The van der Waals surface area contributed by atoms with E-state index in [0.29, 0.717) is 10.9 Å². The molecule has 0 N–H and O–H groups in total. The molecule has 0 aliphatic carbocycles. The molecular weight excluding hydrogens is 292 g/mol. The normalized spacial score (nSPS) is 10.7. The number of hydrogen-bond donors (Lipinski definition) is 0. The molecule has 0 bridgehead atoms. The van der Waals surface area contributed by atoms with Crippen molar-refractivity contribution in [3.8, 4) is 11.8 Å². The van der Waals surface area contributed by atoms with Crippen molar-refractivity contribution in [2.45, 2.75) is 6.18 Å². The molecule has 1 rings (SSSR count). The summed E-state index contributed by atoms with van der Waals surface area (Å²) >= 11 is 8.58. The van der Waals surface area contributed by atoms with Crippen LogP contribution in [0.5, 0.6) is 0 Å². The van der Waals surface area contributed by atoms with E-state index in [4.69, 9.17) is 11.6 Å². The van der Waals surface area contributed by atoms with E-state index in [1.165, 1.54) is 12.1 Å². The second-order valence-corrected chi connectivity index (χ2v) is 3.60. The van der Waals surface area contributed by atoms with E-state index in [2.05, 4.69) is 27.8 Å². The van der Waals surface area contributed by atoms with Crippen LogP contribution in [0, 0.1) is 11.8 Å². The molecule has 0 heterocycles. The molecule has 80 valence electrons. The first-order valence-electron chi connectivity index (χ1n) is 3.86. The molecule has 0 saturated carbocycles. The maximum absolute atomic E-state index is 12.3. The minimum atomic E-state index is -4.42. The summed E-state index contributed by atoms with van der Waals surface area (Å²) in [5.41, 5.74) is -0.374. The standard InChI is InChI=1S/C10H5BrClF3/c11-5-1-2-7-3-4-8(9(12)6-7)10(13,14)15/h3-4,6H,5H2. The Morgan fingerprint density at radius 3 is 2.47 bits per heavy atom. The van der Waals surface area contributed by atoms with Gasteiger partial charge in [0.25, 0.3) is 0 Å². The summed E-state index contributed by atoms with van der Waals surface area (Å²) in [6.45, 7) is 0. The summed E-state index contributed by atoms with van der Waals surface area (Å²) in [7, 11) is 0. The SMILES string of the molecule is FC(F)(F)c1ccc(C#CCBr)cc1Cl. The van der Waals surface area contributed by atoms with Crippen LogP contribution in [0.3, 0.4) is 0 Å². The third-order valence-electron chi connectivity index (χ3n) is 1.57.